The van der Waals surface area contributed by atoms with E-state index in [0.29, 0.717) is 17.4 Å². The summed E-state index contributed by atoms with van der Waals surface area (Å²) in [5.74, 6) is -0.204. The van der Waals surface area contributed by atoms with Gasteiger partial charge in [-0.1, -0.05) is 287 Å². The number of nitrogens with zero attached hydrogens (tertiary/aromatic N) is 1. The molecular formula is C65H125N2O6P. The Morgan fingerprint density at radius 1 is 0.473 bits per heavy atom. The maximum Gasteiger partial charge on any atom is 0.268 e. The molecule has 0 heterocycles. The van der Waals surface area contributed by atoms with Gasteiger partial charge >= 0.3 is 0 Å². The number of hydrogen-bond donors (Lipinski definition) is 2. The minimum absolute atomic E-state index is 0.00613. The number of phosphoric ester groups is 1. The molecular weight excluding hydrogens is 936 g/mol. The lowest BCUT2D eigenvalue weighted by molar-refractivity contribution is -0.870. The number of carbonyl (C=O) groups excluding carboxylic acids is 1. The number of amides is 1. The van der Waals surface area contributed by atoms with Crippen LogP contribution in [0.5, 0.6) is 0 Å². The van der Waals surface area contributed by atoms with Crippen LogP contribution in [-0.2, 0) is 18.4 Å². The van der Waals surface area contributed by atoms with Gasteiger partial charge in [-0.3, -0.25) is 9.36 Å². The number of phosphoric acid groups is 1. The van der Waals surface area contributed by atoms with Crippen molar-refractivity contribution in [2.24, 2.45) is 0 Å². The third-order valence-corrected chi connectivity index (χ3v) is 15.5. The first kappa shape index (κ1) is 72.5. The summed E-state index contributed by atoms with van der Waals surface area (Å²) in [6.07, 6.45) is 75.0. The van der Waals surface area contributed by atoms with Crippen molar-refractivity contribution in [3.8, 4) is 0 Å². The molecule has 0 saturated heterocycles. The predicted octanol–water partition coefficient (Wildman–Crippen LogP) is 19.2. The lowest BCUT2D eigenvalue weighted by Crippen LogP contribution is -2.45. The summed E-state index contributed by atoms with van der Waals surface area (Å²) >= 11 is 0. The quantitative estimate of drug-likeness (QED) is 0.0272. The van der Waals surface area contributed by atoms with E-state index in [1.54, 1.807) is 6.08 Å². The van der Waals surface area contributed by atoms with E-state index in [1.807, 2.05) is 27.2 Å². The molecule has 0 aromatic heterocycles. The van der Waals surface area contributed by atoms with Crippen LogP contribution in [0, 0.1) is 0 Å². The molecule has 3 atom stereocenters. The van der Waals surface area contributed by atoms with Crippen molar-refractivity contribution >= 4 is 13.7 Å². The number of aliphatic hydroxyl groups is 1. The number of aliphatic hydroxyl groups excluding tert-OH is 1. The zero-order valence-corrected chi connectivity index (χ0v) is 50.7. The van der Waals surface area contributed by atoms with Crippen LogP contribution in [0.15, 0.2) is 48.6 Å². The molecule has 2 N–H and O–H groups in total. The van der Waals surface area contributed by atoms with Crippen LogP contribution >= 0.6 is 7.82 Å². The predicted molar refractivity (Wildman–Crippen MR) is 321 cm³/mol. The topological polar surface area (TPSA) is 108 Å². The minimum atomic E-state index is -4.61. The summed E-state index contributed by atoms with van der Waals surface area (Å²) in [7, 11) is 1.25. The summed E-state index contributed by atoms with van der Waals surface area (Å²) < 4.78 is 23.4. The highest BCUT2D eigenvalue weighted by Crippen LogP contribution is 2.38. The van der Waals surface area contributed by atoms with Crippen LogP contribution in [0.2, 0.25) is 0 Å². The largest absolute Gasteiger partial charge is 0.756 e. The Labute approximate surface area is 460 Å². The summed E-state index contributed by atoms with van der Waals surface area (Å²) in [5.41, 5.74) is 0. The molecule has 0 radical (unpaired) electrons. The van der Waals surface area contributed by atoms with Crippen LogP contribution in [0.1, 0.15) is 309 Å². The molecule has 9 heteroatoms. The van der Waals surface area contributed by atoms with Gasteiger partial charge in [0.1, 0.15) is 13.2 Å². The third-order valence-electron chi connectivity index (χ3n) is 14.5. The van der Waals surface area contributed by atoms with Gasteiger partial charge in [-0.05, 0) is 64.2 Å². The Balaban J connectivity index is 4.13. The maximum atomic E-state index is 13.0. The fourth-order valence-corrected chi connectivity index (χ4v) is 10.2. The Kier molecular flexibility index (Phi) is 55.0. The number of allylic oxidation sites excluding steroid dienone is 7. The Morgan fingerprint density at radius 3 is 1.18 bits per heavy atom. The molecule has 0 rings (SSSR count). The number of likely N-dealkylation sites (N-methyl/N-ethyl adjacent to an activating group) is 1. The van der Waals surface area contributed by atoms with Crippen LogP contribution in [0.4, 0.5) is 0 Å². The van der Waals surface area contributed by atoms with E-state index in [4.69, 9.17) is 9.05 Å². The lowest BCUT2D eigenvalue weighted by Gasteiger charge is -2.29. The van der Waals surface area contributed by atoms with Crippen LogP contribution < -0.4 is 10.2 Å². The number of quaternary nitrogens is 1. The molecule has 74 heavy (non-hydrogen) atoms. The second kappa shape index (κ2) is 56.2. The van der Waals surface area contributed by atoms with Crippen molar-refractivity contribution in [2.75, 3.05) is 40.9 Å². The van der Waals surface area contributed by atoms with Gasteiger partial charge in [-0.2, -0.15) is 0 Å². The van der Waals surface area contributed by atoms with Crippen molar-refractivity contribution in [3.05, 3.63) is 48.6 Å². The molecule has 0 saturated carbocycles. The Bertz CT molecular complexity index is 1340. The molecule has 1 amide bonds. The summed E-state index contributed by atoms with van der Waals surface area (Å²) in [4.78, 5) is 25.6. The molecule has 0 fully saturated rings. The molecule has 436 valence electrons. The first-order chi connectivity index (χ1) is 36.0. The molecule has 0 bridgehead atoms. The monoisotopic (exact) mass is 1060 g/mol. The van der Waals surface area contributed by atoms with E-state index >= 15 is 0 Å². The highest BCUT2D eigenvalue weighted by molar-refractivity contribution is 7.45. The Hall–Kier alpha value is -1.54. The van der Waals surface area contributed by atoms with Crippen molar-refractivity contribution in [1.29, 1.82) is 0 Å². The SMILES string of the molecule is CCCCCCCCCCC/C=C\C/C=C\CCCCCCCCCCCCCCCCCC(=O)NC(COP(=O)([O-])OCC[N+](C)(C)C)C(O)/C=C/CC/C=C/CCCCCCCCCCCCCCCCC. The summed E-state index contributed by atoms with van der Waals surface area (Å²) in [6, 6.07) is -0.905. The van der Waals surface area contributed by atoms with E-state index in [9.17, 15) is 19.4 Å². The van der Waals surface area contributed by atoms with E-state index in [1.165, 1.54) is 244 Å². The maximum absolute atomic E-state index is 13.0. The van der Waals surface area contributed by atoms with Crippen molar-refractivity contribution in [1.82, 2.24) is 5.32 Å². The molecule has 0 spiro atoms. The van der Waals surface area contributed by atoms with Gasteiger partial charge in [0.2, 0.25) is 5.91 Å². The van der Waals surface area contributed by atoms with Crippen molar-refractivity contribution in [3.63, 3.8) is 0 Å². The van der Waals surface area contributed by atoms with Gasteiger partial charge < -0.3 is 28.8 Å². The van der Waals surface area contributed by atoms with Gasteiger partial charge in [0.05, 0.1) is 39.9 Å². The normalized spacial score (nSPS) is 14.1. The summed E-state index contributed by atoms with van der Waals surface area (Å²) in [5, 5.41) is 13.9. The van der Waals surface area contributed by atoms with Crippen molar-refractivity contribution in [2.45, 2.75) is 321 Å². The van der Waals surface area contributed by atoms with E-state index in [-0.39, 0.29) is 12.5 Å². The van der Waals surface area contributed by atoms with Gasteiger partial charge in [0, 0.05) is 6.42 Å². The number of carbonyl (C=O) groups is 1. The molecule has 0 aliphatic rings. The molecule has 0 aromatic carbocycles. The van der Waals surface area contributed by atoms with E-state index in [2.05, 4.69) is 55.6 Å². The second-order valence-corrected chi connectivity index (χ2v) is 24.5. The average Bonchev–Trinajstić information content (AvgIpc) is 3.36. The van der Waals surface area contributed by atoms with Crippen LogP contribution in [0.25, 0.3) is 0 Å². The van der Waals surface area contributed by atoms with Gasteiger partial charge in [0.15, 0.2) is 0 Å². The summed E-state index contributed by atoms with van der Waals surface area (Å²) in [6.45, 7) is 4.67. The fourth-order valence-electron chi connectivity index (χ4n) is 9.50. The van der Waals surface area contributed by atoms with Gasteiger partial charge in [0.25, 0.3) is 7.82 Å². The molecule has 0 aliphatic carbocycles. The number of unbranched alkanes of at least 4 members (excludes halogenated alkanes) is 40. The Morgan fingerprint density at radius 2 is 0.797 bits per heavy atom. The van der Waals surface area contributed by atoms with E-state index in [0.717, 1.165) is 44.9 Å². The first-order valence-electron chi connectivity index (χ1n) is 32.0. The standard InChI is InChI=1S/C65H125N2O6P/c1-6-8-10-12-14-16-18-20-22-24-26-28-29-30-31-32-33-34-35-36-37-39-41-43-45-47-49-51-53-55-57-59-65(69)66-63(62-73-74(70,71)72-61-60-67(3,4)5)64(68)58-56-54-52-50-48-46-44-42-40-38-27-25-23-21-19-17-15-13-11-9-7-2/h26,28,30-31,48,50,56,58,63-64,68H,6-25,27,29,32-47,49,51-55,57,59-62H2,1-5H3,(H-,66,69,70,71)/b28-26-,31-30-,50-48+,58-56+. The fraction of sp³-hybridized carbons (Fsp3) is 0.862. The molecule has 0 aromatic rings. The highest BCUT2D eigenvalue weighted by Gasteiger charge is 2.23. The highest BCUT2D eigenvalue weighted by atomic mass is 31.2. The molecule has 0 aliphatic heterocycles. The van der Waals surface area contributed by atoms with E-state index < -0.39 is 26.6 Å². The zero-order chi connectivity index (χ0) is 54.2. The lowest BCUT2D eigenvalue weighted by atomic mass is 10.0. The van der Waals surface area contributed by atoms with Gasteiger partial charge in [-0.15, -0.1) is 0 Å². The average molecular weight is 1060 g/mol. The second-order valence-electron chi connectivity index (χ2n) is 23.1. The van der Waals surface area contributed by atoms with Crippen molar-refractivity contribution < 1.29 is 32.9 Å². The first-order valence-corrected chi connectivity index (χ1v) is 33.5. The van der Waals surface area contributed by atoms with Crippen LogP contribution in [-0.4, -0.2) is 68.5 Å². The minimum Gasteiger partial charge on any atom is -0.756 e. The zero-order valence-electron chi connectivity index (χ0n) is 49.8. The molecule has 3 unspecified atom stereocenters. The number of hydrogen-bond acceptors (Lipinski definition) is 6. The smallest absolute Gasteiger partial charge is 0.268 e. The number of rotatable bonds is 59. The number of nitrogens with one attached hydrogen (secondary N) is 1. The van der Waals surface area contributed by atoms with Crippen LogP contribution in [0.3, 0.4) is 0 Å². The van der Waals surface area contributed by atoms with Gasteiger partial charge in [-0.25, -0.2) is 0 Å². The third kappa shape index (κ3) is 58.1. The molecule has 8 nitrogen and oxygen atoms in total.